The second-order valence-corrected chi connectivity index (χ2v) is 6.97. The van der Waals surface area contributed by atoms with Crippen LogP contribution < -0.4 is 5.32 Å². The number of halogens is 2. The number of hydrogen-bond acceptors (Lipinski definition) is 3. The quantitative estimate of drug-likeness (QED) is 0.814. The van der Waals surface area contributed by atoms with Gasteiger partial charge in [0.15, 0.2) is 0 Å². The highest BCUT2D eigenvalue weighted by atomic mass is 35.5. The van der Waals surface area contributed by atoms with Gasteiger partial charge in [0.1, 0.15) is 5.82 Å². The second kappa shape index (κ2) is 9.31. The van der Waals surface area contributed by atoms with Crippen molar-refractivity contribution in [2.24, 2.45) is 0 Å². The molecule has 27 heavy (non-hydrogen) atoms. The van der Waals surface area contributed by atoms with E-state index in [1.807, 2.05) is 0 Å². The van der Waals surface area contributed by atoms with Crippen molar-refractivity contribution in [2.45, 2.75) is 19.4 Å². The molecule has 1 fully saturated rings. The lowest BCUT2D eigenvalue weighted by molar-refractivity contribution is 0.0162. The molecule has 1 aliphatic rings. The lowest BCUT2D eigenvalue weighted by atomic mass is 10.0. The largest absolute Gasteiger partial charge is 0.379 e. The highest BCUT2D eigenvalue weighted by Crippen LogP contribution is 2.23. The van der Waals surface area contributed by atoms with Crippen LogP contribution in [0.15, 0.2) is 42.5 Å². The first-order chi connectivity index (χ1) is 13.1. The fraction of sp³-hybridized carbons (Fsp3) is 0.381. The fourth-order valence-electron chi connectivity index (χ4n) is 3.31. The Hall–Kier alpha value is -1.95. The van der Waals surface area contributed by atoms with E-state index in [-0.39, 0.29) is 16.6 Å². The first-order valence-electron chi connectivity index (χ1n) is 9.23. The van der Waals surface area contributed by atoms with Gasteiger partial charge in [-0.3, -0.25) is 9.69 Å². The molecule has 4 nitrogen and oxygen atoms in total. The molecule has 0 saturated carbocycles. The van der Waals surface area contributed by atoms with Crippen molar-refractivity contribution < 1.29 is 13.9 Å². The van der Waals surface area contributed by atoms with Crippen LogP contribution in [-0.2, 0) is 11.2 Å². The molecule has 1 amide bonds. The van der Waals surface area contributed by atoms with Gasteiger partial charge < -0.3 is 10.1 Å². The predicted molar refractivity (Wildman–Crippen MR) is 105 cm³/mol. The number of rotatable bonds is 6. The summed E-state index contributed by atoms with van der Waals surface area (Å²) in [5, 5.41) is 2.97. The number of carbonyl (C=O) groups is 1. The summed E-state index contributed by atoms with van der Waals surface area (Å²) < 4.78 is 19.5. The summed E-state index contributed by atoms with van der Waals surface area (Å²) in [5.41, 5.74) is 2.27. The highest BCUT2D eigenvalue weighted by Gasteiger charge is 2.24. The highest BCUT2D eigenvalue weighted by molar-refractivity contribution is 6.33. The van der Waals surface area contributed by atoms with Crippen molar-refractivity contribution in [3.63, 3.8) is 0 Å². The van der Waals surface area contributed by atoms with E-state index in [4.69, 9.17) is 16.3 Å². The van der Waals surface area contributed by atoms with Gasteiger partial charge in [-0.15, -0.1) is 0 Å². The predicted octanol–water partition coefficient (Wildman–Crippen LogP) is 3.84. The monoisotopic (exact) mass is 390 g/mol. The molecule has 0 aromatic heterocycles. The van der Waals surface area contributed by atoms with Gasteiger partial charge in [0, 0.05) is 19.6 Å². The normalized spacial score (nSPS) is 16.1. The number of benzene rings is 2. The van der Waals surface area contributed by atoms with Crippen LogP contribution in [0.1, 0.15) is 34.5 Å². The van der Waals surface area contributed by atoms with E-state index in [1.165, 1.54) is 23.8 Å². The molecular weight excluding hydrogens is 367 g/mol. The summed E-state index contributed by atoms with van der Waals surface area (Å²) in [4.78, 5) is 14.8. The average molecular weight is 391 g/mol. The molecule has 2 aromatic carbocycles. The Kier molecular flexibility index (Phi) is 6.83. The van der Waals surface area contributed by atoms with Crippen LogP contribution >= 0.6 is 11.6 Å². The zero-order chi connectivity index (χ0) is 19.2. The van der Waals surface area contributed by atoms with Crippen LogP contribution in [0.2, 0.25) is 5.02 Å². The Bertz CT molecular complexity index is 756. The molecule has 3 rings (SSSR count). The molecule has 0 aliphatic carbocycles. The van der Waals surface area contributed by atoms with Gasteiger partial charge in [0.05, 0.1) is 29.8 Å². The summed E-state index contributed by atoms with van der Waals surface area (Å²) in [7, 11) is 0. The molecule has 144 valence electrons. The summed E-state index contributed by atoms with van der Waals surface area (Å²) in [5.74, 6) is -1.11. The van der Waals surface area contributed by atoms with Crippen LogP contribution in [0, 0.1) is 5.82 Å². The molecule has 1 unspecified atom stereocenters. The molecule has 1 aliphatic heterocycles. The third kappa shape index (κ3) is 4.86. The zero-order valence-corrected chi connectivity index (χ0v) is 16.1. The van der Waals surface area contributed by atoms with Crippen molar-refractivity contribution in [1.29, 1.82) is 0 Å². The van der Waals surface area contributed by atoms with E-state index in [1.54, 1.807) is 0 Å². The van der Waals surface area contributed by atoms with Crippen molar-refractivity contribution in [3.8, 4) is 0 Å². The van der Waals surface area contributed by atoms with Crippen molar-refractivity contribution in [3.05, 3.63) is 70.0 Å². The standard InChI is InChI=1S/C21H24ClFN2O2/c1-2-15-6-8-16(9-7-15)19(25-10-12-27-13-11-25)14-24-21(26)20-17(22)4-3-5-18(20)23/h3-9,19H,2,10-14H2,1H3,(H,24,26). The third-order valence-electron chi connectivity index (χ3n) is 4.90. The van der Waals surface area contributed by atoms with Crippen LogP contribution in [-0.4, -0.2) is 43.7 Å². The lowest BCUT2D eigenvalue weighted by Gasteiger charge is -2.35. The number of amides is 1. The first-order valence-corrected chi connectivity index (χ1v) is 9.60. The minimum absolute atomic E-state index is 0.00527. The van der Waals surface area contributed by atoms with Gasteiger partial charge in [-0.1, -0.05) is 48.9 Å². The zero-order valence-electron chi connectivity index (χ0n) is 15.4. The molecule has 0 bridgehead atoms. The first kappa shape index (κ1) is 19.8. The van der Waals surface area contributed by atoms with E-state index in [9.17, 15) is 9.18 Å². The number of ether oxygens (including phenoxy) is 1. The van der Waals surface area contributed by atoms with E-state index < -0.39 is 11.7 Å². The maximum Gasteiger partial charge on any atom is 0.255 e. The van der Waals surface area contributed by atoms with Crippen LogP contribution in [0.3, 0.4) is 0 Å². The average Bonchev–Trinajstić information content (AvgIpc) is 2.69. The second-order valence-electron chi connectivity index (χ2n) is 6.57. The molecule has 0 radical (unpaired) electrons. The number of carbonyl (C=O) groups excluding carboxylic acids is 1. The molecule has 1 saturated heterocycles. The maximum absolute atomic E-state index is 14.0. The topological polar surface area (TPSA) is 41.6 Å². The van der Waals surface area contributed by atoms with Gasteiger partial charge >= 0.3 is 0 Å². The minimum Gasteiger partial charge on any atom is -0.379 e. The van der Waals surface area contributed by atoms with Gasteiger partial charge in [-0.25, -0.2) is 4.39 Å². The molecule has 1 heterocycles. The Labute approximate surface area is 164 Å². The summed E-state index contributed by atoms with van der Waals surface area (Å²) in [6, 6.07) is 12.7. The van der Waals surface area contributed by atoms with Crippen LogP contribution in [0.5, 0.6) is 0 Å². The summed E-state index contributed by atoms with van der Waals surface area (Å²) in [6.45, 7) is 5.39. The Morgan fingerprint density at radius 3 is 2.56 bits per heavy atom. The molecule has 2 aromatic rings. The molecule has 1 N–H and O–H groups in total. The van der Waals surface area contributed by atoms with Crippen molar-refractivity contribution >= 4 is 17.5 Å². The minimum atomic E-state index is -0.616. The third-order valence-corrected chi connectivity index (χ3v) is 5.22. The SMILES string of the molecule is CCc1ccc(C(CNC(=O)c2c(F)cccc2Cl)N2CCOCC2)cc1. The number of morpholine rings is 1. The lowest BCUT2D eigenvalue weighted by Crippen LogP contribution is -2.44. The number of nitrogens with one attached hydrogen (secondary N) is 1. The van der Waals surface area contributed by atoms with E-state index in [2.05, 4.69) is 41.4 Å². The van der Waals surface area contributed by atoms with Gasteiger partial charge in [0.2, 0.25) is 0 Å². The Morgan fingerprint density at radius 2 is 1.93 bits per heavy atom. The molecule has 0 spiro atoms. The summed E-state index contributed by atoms with van der Waals surface area (Å²) in [6.07, 6.45) is 0.977. The van der Waals surface area contributed by atoms with Gasteiger partial charge in [0.25, 0.3) is 5.91 Å². The number of hydrogen-bond donors (Lipinski definition) is 1. The smallest absolute Gasteiger partial charge is 0.255 e. The van der Waals surface area contributed by atoms with Gasteiger partial charge in [-0.05, 0) is 29.7 Å². The molecule has 1 atom stereocenters. The maximum atomic E-state index is 14.0. The van der Waals surface area contributed by atoms with Crippen LogP contribution in [0.4, 0.5) is 4.39 Å². The van der Waals surface area contributed by atoms with E-state index in [0.717, 1.165) is 25.1 Å². The van der Waals surface area contributed by atoms with E-state index in [0.29, 0.717) is 19.8 Å². The van der Waals surface area contributed by atoms with Gasteiger partial charge in [-0.2, -0.15) is 0 Å². The molecular formula is C21H24ClFN2O2. The Morgan fingerprint density at radius 1 is 1.22 bits per heavy atom. The number of aryl methyl sites for hydroxylation is 1. The number of nitrogens with zero attached hydrogens (tertiary/aromatic N) is 1. The van der Waals surface area contributed by atoms with Crippen molar-refractivity contribution in [1.82, 2.24) is 10.2 Å². The summed E-state index contributed by atoms with van der Waals surface area (Å²) >= 11 is 6.01. The fourth-order valence-corrected chi connectivity index (χ4v) is 3.56. The van der Waals surface area contributed by atoms with Crippen molar-refractivity contribution in [2.75, 3.05) is 32.8 Å². The van der Waals surface area contributed by atoms with E-state index >= 15 is 0 Å². The Balaban J connectivity index is 1.77. The molecule has 6 heteroatoms. The van der Waals surface area contributed by atoms with Crippen LogP contribution in [0.25, 0.3) is 0 Å².